The Morgan fingerprint density at radius 2 is 1.82 bits per heavy atom. The molecule has 104 valence electrons. The van der Waals surface area contributed by atoms with Crippen molar-refractivity contribution in [1.29, 1.82) is 0 Å². The minimum Gasteiger partial charge on any atom is -0.385 e. The lowest BCUT2D eigenvalue weighted by atomic mass is 9.81. The van der Waals surface area contributed by atoms with Gasteiger partial charge in [-0.05, 0) is 36.5 Å². The van der Waals surface area contributed by atoms with Crippen molar-refractivity contribution in [2.45, 2.75) is 59.9 Å². The van der Waals surface area contributed by atoms with Gasteiger partial charge >= 0.3 is 0 Å². The second kappa shape index (κ2) is 8.06. The average Bonchev–Trinajstić information content (AvgIpc) is 2.19. The zero-order valence-electron chi connectivity index (χ0n) is 12.5. The maximum absolute atomic E-state index is 5.67. The monoisotopic (exact) mass is 244 g/mol. The van der Waals surface area contributed by atoms with E-state index in [1.165, 1.54) is 6.42 Å². The summed E-state index contributed by atoms with van der Waals surface area (Å²) in [7, 11) is 1.75. The van der Waals surface area contributed by atoms with Crippen molar-refractivity contribution < 1.29 is 4.74 Å². The van der Waals surface area contributed by atoms with Crippen molar-refractivity contribution in [1.82, 2.24) is 5.43 Å². The number of nitrogens with one attached hydrogen (secondary N) is 1. The van der Waals surface area contributed by atoms with Crippen LogP contribution >= 0.6 is 0 Å². The fraction of sp³-hybridized carbons (Fsp3) is 1.00. The van der Waals surface area contributed by atoms with Gasteiger partial charge < -0.3 is 4.74 Å². The predicted octanol–water partition coefficient (Wildman–Crippen LogP) is 2.95. The Labute approximate surface area is 107 Å². The first-order chi connectivity index (χ1) is 7.80. The van der Waals surface area contributed by atoms with Crippen LogP contribution in [0.3, 0.4) is 0 Å². The number of ether oxygens (including phenoxy) is 1. The molecule has 3 heteroatoms. The molecule has 3 atom stereocenters. The van der Waals surface area contributed by atoms with E-state index in [1.54, 1.807) is 7.11 Å². The maximum atomic E-state index is 5.67. The van der Waals surface area contributed by atoms with Gasteiger partial charge in [-0.25, -0.2) is 0 Å². The lowest BCUT2D eigenvalue weighted by Gasteiger charge is -2.29. The van der Waals surface area contributed by atoms with Gasteiger partial charge in [0.1, 0.15) is 0 Å². The summed E-state index contributed by atoms with van der Waals surface area (Å²) in [6.45, 7) is 12.3. The third kappa shape index (κ3) is 8.58. The van der Waals surface area contributed by atoms with Gasteiger partial charge in [0.05, 0.1) is 0 Å². The SMILES string of the molecule is COCCC(C)C(CC(C)CC(C)(C)C)NN. The van der Waals surface area contributed by atoms with Crippen molar-refractivity contribution in [3.05, 3.63) is 0 Å². The Kier molecular flexibility index (Phi) is 8.01. The van der Waals surface area contributed by atoms with Crippen LogP contribution in [0.15, 0.2) is 0 Å². The highest BCUT2D eigenvalue weighted by molar-refractivity contribution is 4.76. The Hall–Kier alpha value is -0.120. The molecule has 3 nitrogen and oxygen atoms in total. The number of hydrazine groups is 1. The molecule has 0 aliphatic carbocycles. The summed E-state index contributed by atoms with van der Waals surface area (Å²) >= 11 is 0. The second-order valence-corrected chi connectivity index (χ2v) is 6.64. The maximum Gasteiger partial charge on any atom is 0.0465 e. The van der Waals surface area contributed by atoms with Crippen LogP contribution in [0.4, 0.5) is 0 Å². The molecule has 0 rings (SSSR count). The van der Waals surface area contributed by atoms with E-state index in [2.05, 4.69) is 40.0 Å². The van der Waals surface area contributed by atoms with Crippen molar-refractivity contribution in [2.24, 2.45) is 23.1 Å². The molecule has 0 heterocycles. The second-order valence-electron chi connectivity index (χ2n) is 6.64. The lowest BCUT2D eigenvalue weighted by Crippen LogP contribution is -2.41. The first-order valence-electron chi connectivity index (χ1n) is 6.75. The number of hydrogen-bond donors (Lipinski definition) is 2. The first kappa shape index (κ1) is 16.9. The van der Waals surface area contributed by atoms with Crippen LogP contribution in [-0.2, 0) is 4.74 Å². The summed E-state index contributed by atoms with van der Waals surface area (Å²) < 4.78 is 5.12. The quantitative estimate of drug-likeness (QED) is 0.510. The van der Waals surface area contributed by atoms with Gasteiger partial charge in [-0.15, -0.1) is 0 Å². The van der Waals surface area contributed by atoms with E-state index >= 15 is 0 Å². The highest BCUT2D eigenvalue weighted by Gasteiger charge is 2.21. The van der Waals surface area contributed by atoms with Crippen LogP contribution in [0.1, 0.15) is 53.9 Å². The molecule has 0 amide bonds. The van der Waals surface area contributed by atoms with Gasteiger partial charge in [0.15, 0.2) is 0 Å². The molecule has 0 aromatic carbocycles. The summed E-state index contributed by atoms with van der Waals surface area (Å²) in [6, 6.07) is 0.391. The van der Waals surface area contributed by atoms with Crippen LogP contribution < -0.4 is 11.3 Å². The van der Waals surface area contributed by atoms with E-state index in [9.17, 15) is 0 Å². The highest BCUT2D eigenvalue weighted by Crippen LogP contribution is 2.28. The smallest absolute Gasteiger partial charge is 0.0465 e. The molecule has 0 aromatic rings. The van der Waals surface area contributed by atoms with E-state index in [0.717, 1.165) is 19.4 Å². The van der Waals surface area contributed by atoms with E-state index in [4.69, 9.17) is 10.6 Å². The molecule has 3 N–H and O–H groups in total. The zero-order valence-corrected chi connectivity index (χ0v) is 12.5. The Morgan fingerprint density at radius 3 is 2.24 bits per heavy atom. The summed E-state index contributed by atoms with van der Waals surface area (Å²) in [5.41, 5.74) is 3.37. The van der Waals surface area contributed by atoms with Crippen molar-refractivity contribution >= 4 is 0 Å². The molecular formula is C14H32N2O. The summed E-state index contributed by atoms with van der Waals surface area (Å²) in [6.07, 6.45) is 3.44. The highest BCUT2D eigenvalue weighted by atomic mass is 16.5. The van der Waals surface area contributed by atoms with Crippen molar-refractivity contribution in [3.63, 3.8) is 0 Å². The Bertz CT molecular complexity index is 189. The van der Waals surface area contributed by atoms with E-state index in [-0.39, 0.29) is 0 Å². The normalized spacial score (nSPS) is 17.8. The summed E-state index contributed by atoms with van der Waals surface area (Å²) in [5.74, 6) is 6.92. The molecule has 0 aliphatic heterocycles. The van der Waals surface area contributed by atoms with Crippen LogP contribution in [-0.4, -0.2) is 19.8 Å². The molecule has 0 saturated carbocycles. The molecule has 0 fully saturated rings. The standard InChI is InChI=1S/C14H32N2O/c1-11(10-14(3,4)5)9-13(16-15)12(2)7-8-17-6/h11-13,16H,7-10,15H2,1-6H3. The zero-order chi connectivity index (χ0) is 13.5. The van der Waals surface area contributed by atoms with E-state index < -0.39 is 0 Å². The molecule has 0 radical (unpaired) electrons. The minimum absolute atomic E-state index is 0.391. The molecule has 0 bridgehead atoms. The molecular weight excluding hydrogens is 212 g/mol. The number of rotatable bonds is 8. The van der Waals surface area contributed by atoms with Crippen LogP contribution in [0.5, 0.6) is 0 Å². The Morgan fingerprint density at radius 1 is 1.24 bits per heavy atom. The molecule has 0 saturated heterocycles. The number of hydrogen-bond acceptors (Lipinski definition) is 3. The summed E-state index contributed by atoms with van der Waals surface area (Å²) in [5, 5.41) is 0. The van der Waals surface area contributed by atoms with E-state index in [0.29, 0.717) is 23.3 Å². The van der Waals surface area contributed by atoms with Gasteiger partial charge in [0.25, 0.3) is 0 Å². The van der Waals surface area contributed by atoms with Gasteiger partial charge in [0.2, 0.25) is 0 Å². The van der Waals surface area contributed by atoms with Crippen LogP contribution in [0, 0.1) is 17.3 Å². The van der Waals surface area contributed by atoms with Gasteiger partial charge in [-0.1, -0.05) is 34.6 Å². The lowest BCUT2D eigenvalue weighted by molar-refractivity contribution is 0.162. The van der Waals surface area contributed by atoms with Gasteiger partial charge in [0, 0.05) is 19.8 Å². The van der Waals surface area contributed by atoms with Crippen molar-refractivity contribution in [3.8, 4) is 0 Å². The number of nitrogens with two attached hydrogens (primary N) is 1. The Balaban J connectivity index is 4.10. The molecule has 0 aromatic heterocycles. The fourth-order valence-electron chi connectivity index (χ4n) is 2.53. The number of methoxy groups -OCH3 is 1. The van der Waals surface area contributed by atoms with Crippen LogP contribution in [0.2, 0.25) is 0 Å². The fourth-order valence-corrected chi connectivity index (χ4v) is 2.53. The van der Waals surface area contributed by atoms with Crippen molar-refractivity contribution in [2.75, 3.05) is 13.7 Å². The van der Waals surface area contributed by atoms with Crippen LogP contribution in [0.25, 0.3) is 0 Å². The van der Waals surface area contributed by atoms with Gasteiger partial charge in [-0.2, -0.15) is 0 Å². The average molecular weight is 244 g/mol. The van der Waals surface area contributed by atoms with Gasteiger partial charge in [-0.3, -0.25) is 11.3 Å². The molecule has 3 unspecified atom stereocenters. The third-order valence-electron chi connectivity index (χ3n) is 3.30. The molecule has 0 aliphatic rings. The minimum atomic E-state index is 0.391. The summed E-state index contributed by atoms with van der Waals surface area (Å²) in [4.78, 5) is 0. The predicted molar refractivity (Wildman–Crippen MR) is 74.6 cm³/mol. The molecule has 0 spiro atoms. The molecule has 17 heavy (non-hydrogen) atoms. The van der Waals surface area contributed by atoms with E-state index in [1.807, 2.05) is 0 Å². The largest absolute Gasteiger partial charge is 0.385 e. The topological polar surface area (TPSA) is 47.3 Å². The third-order valence-corrected chi connectivity index (χ3v) is 3.30. The first-order valence-corrected chi connectivity index (χ1v) is 6.75.